The number of halogens is 1. The third-order valence-electron chi connectivity index (χ3n) is 5.16. The average Bonchev–Trinajstić information content (AvgIpc) is 2.86. The van der Waals surface area contributed by atoms with E-state index in [0.29, 0.717) is 18.4 Å². The lowest BCUT2D eigenvalue weighted by molar-refractivity contribution is -0.134. The van der Waals surface area contributed by atoms with Crippen molar-refractivity contribution >= 4 is 18.3 Å². The van der Waals surface area contributed by atoms with E-state index in [1.165, 1.54) is 25.8 Å². The molecule has 116 valence electrons. The molecular weight excluding hydrogens is 274 g/mol. The van der Waals surface area contributed by atoms with Crippen LogP contribution in [-0.4, -0.2) is 61.5 Å². The summed E-state index contributed by atoms with van der Waals surface area (Å²) in [6.07, 6.45) is 3.73. The molecule has 0 radical (unpaired) electrons. The molecule has 3 rings (SSSR count). The maximum atomic E-state index is 12.4. The van der Waals surface area contributed by atoms with Crippen LogP contribution in [0.2, 0.25) is 0 Å². The van der Waals surface area contributed by atoms with Crippen LogP contribution < -0.4 is 5.32 Å². The van der Waals surface area contributed by atoms with Gasteiger partial charge < -0.3 is 10.2 Å². The molecule has 3 aliphatic rings. The number of carbonyl (C=O) groups excluding carboxylic acids is 1. The fourth-order valence-electron chi connectivity index (χ4n) is 3.96. The molecular formula is C15H28ClN3O. The first-order chi connectivity index (χ1) is 9.22. The number of nitrogens with one attached hydrogen (secondary N) is 1. The van der Waals surface area contributed by atoms with Crippen LogP contribution in [0.5, 0.6) is 0 Å². The predicted molar refractivity (Wildman–Crippen MR) is 83.1 cm³/mol. The second kappa shape index (κ2) is 7.10. The lowest BCUT2D eigenvalue weighted by atomic mass is 9.89. The van der Waals surface area contributed by atoms with Gasteiger partial charge in [0.2, 0.25) is 5.91 Å². The molecule has 0 bridgehead atoms. The molecule has 0 aromatic carbocycles. The summed E-state index contributed by atoms with van der Waals surface area (Å²) in [6, 6.07) is 0. The number of hydrogen-bond acceptors (Lipinski definition) is 3. The normalized spacial score (nSPS) is 34.5. The smallest absolute Gasteiger partial charge is 0.236 e. The largest absolute Gasteiger partial charge is 0.341 e. The van der Waals surface area contributed by atoms with Gasteiger partial charge in [-0.1, -0.05) is 6.92 Å². The number of piperidine rings is 2. The molecule has 3 unspecified atom stereocenters. The lowest BCUT2D eigenvalue weighted by Gasteiger charge is -2.37. The van der Waals surface area contributed by atoms with E-state index in [9.17, 15) is 4.79 Å². The molecule has 0 saturated carbocycles. The Hall–Kier alpha value is -0.320. The van der Waals surface area contributed by atoms with Crippen LogP contribution in [0, 0.1) is 17.8 Å². The Morgan fingerprint density at radius 3 is 2.75 bits per heavy atom. The van der Waals surface area contributed by atoms with E-state index in [4.69, 9.17) is 0 Å². The van der Waals surface area contributed by atoms with Crippen molar-refractivity contribution < 1.29 is 4.79 Å². The summed E-state index contributed by atoms with van der Waals surface area (Å²) >= 11 is 0. The highest BCUT2D eigenvalue weighted by atomic mass is 35.5. The first-order valence-electron chi connectivity index (χ1n) is 7.93. The number of nitrogens with zero attached hydrogens (tertiary/aromatic N) is 2. The van der Waals surface area contributed by atoms with E-state index < -0.39 is 0 Å². The van der Waals surface area contributed by atoms with Crippen LogP contribution in [0.4, 0.5) is 0 Å². The minimum atomic E-state index is 0. The van der Waals surface area contributed by atoms with Crippen molar-refractivity contribution in [3.63, 3.8) is 0 Å². The third kappa shape index (κ3) is 3.66. The number of hydrogen-bond donors (Lipinski definition) is 1. The molecule has 1 N–H and O–H groups in total. The van der Waals surface area contributed by atoms with Gasteiger partial charge in [-0.05, 0) is 56.7 Å². The Kier molecular flexibility index (Phi) is 5.70. The van der Waals surface area contributed by atoms with Gasteiger partial charge in [-0.25, -0.2) is 0 Å². The van der Waals surface area contributed by atoms with Crippen LogP contribution >= 0.6 is 12.4 Å². The Morgan fingerprint density at radius 1 is 1.15 bits per heavy atom. The molecule has 0 aromatic heterocycles. The zero-order chi connectivity index (χ0) is 13.2. The summed E-state index contributed by atoms with van der Waals surface area (Å²) in [4.78, 5) is 16.8. The second-order valence-corrected chi connectivity index (χ2v) is 6.79. The topological polar surface area (TPSA) is 35.6 Å². The van der Waals surface area contributed by atoms with Crippen LogP contribution in [0.15, 0.2) is 0 Å². The maximum Gasteiger partial charge on any atom is 0.236 e. The maximum absolute atomic E-state index is 12.4. The quantitative estimate of drug-likeness (QED) is 0.833. The monoisotopic (exact) mass is 301 g/mol. The van der Waals surface area contributed by atoms with Crippen LogP contribution in [0.25, 0.3) is 0 Å². The Labute approximate surface area is 128 Å². The van der Waals surface area contributed by atoms with E-state index in [1.54, 1.807) is 0 Å². The Bertz CT molecular complexity index is 339. The molecule has 3 heterocycles. The Balaban J connectivity index is 0.00000147. The van der Waals surface area contributed by atoms with E-state index >= 15 is 0 Å². The van der Waals surface area contributed by atoms with E-state index in [2.05, 4.69) is 22.0 Å². The fraction of sp³-hybridized carbons (Fsp3) is 0.933. The van der Waals surface area contributed by atoms with Crippen LogP contribution in [0.3, 0.4) is 0 Å². The van der Waals surface area contributed by atoms with E-state index in [-0.39, 0.29) is 12.4 Å². The molecule has 0 aliphatic carbocycles. The zero-order valence-electron chi connectivity index (χ0n) is 12.5. The molecule has 3 aliphatic heterocycles. The highest BCUT2D eigenvalue weighted by Gasteiger charge is 2.33. The lowest BCUT2D eigenvalue weighted by Crippen LogP contribution is -2.48. The highest BCUT2D eigenvalue weighted by Crippen LogP contribution is 2.26. The van der Waals surface area contributed by atoms with Gasteiger partial charge in [0.05, 0.1) is 6.54 Å². The summed E-state index contributed by atoms with van der Waals surface area (Å²) in [5.74, 6) is 2.68. The van der Waals surface area contributed by atoms with Gasteiger partial charge in [-0.15, -0.1) is 12.4 Å². The van der Waals surface area contributed by atoms with Crippen molar-refractivity contribution in [2.75, 3.05) is 45.8 Å². The second-order valence-electron chi connectivity index (χ2n) is 6.79. The Morgan fingerprint density at radius 2 is 1.95 bits per heavy atom. The number of carbonyl (C=O) groups is 1. The van der Waals surface area contributed by atoms with Crippen molar-refractivity contribution in [1.29, 1.82) is 0 Å². The zero-order valence-corrected chi connectivity index (χ0v) is 13.3. The molecule has 0 spiro atoms. The van der Waals surface area contributed by atoms with Crippen LogP contribution in [-0.2, 0) is 4.79 Å². The van der Waals surface area contributed by atoms with Gasteiger partial charge in [0.25, 0.3) is 0 Å². The molecule has 5 heteroatoms. The summed E-state index contributed by atoms with van der Waals surface area (Å²) in [5, 5.41) is 3.49. The van der Waals surface area contributed by atoms with Gasteiger partial charge in [-0.2, -0.15) is 0 Å². The van der Waals surface area contributed by atoms with Crippen molar-refractivity contribution in [2.45, 2.75) is 26.2 Å². The summed E-state index contributed by atoms with van der Waals surface area (Å²) in [6.45, 7) is 9.42. The molecule has 1 amide bonds. The molecule has 3 fully saturated rings. The molecule has 3 saturated heterocycles. The van der Waals surface area contributed by atoms with Crippen molar-refractivity contribution in [3.05, 3.63) is 0 Å². The van der Waals surface area contributed by atoms with Crippen molar-refractivity contribution in [1.82, 2.24) is 15.1 Å². The fourth-order valence-corrected chi connectivity index (χ4v) is 3.96. The van der Waals surface area contributed by atoms with Crippen molar-refractivity contribution in [3.8, 4) is 0 Å². The predicted octanol–water partition coefficient (Wildman–Crippen LogP) is 1.21. The van der Waals surface area contributed by atoms with Crippen LogP contribution in [0.1, 0.15) is 26.2 Å². The number of rotatable bonds is 2. The van der Waals surface area contributed by atoms with Gasteiger partial charge in [-0.3, -0.25) is 9.69 Å². The number of likely N-dealkylation sites (tertiary alicyclic amines) is 2. The minimum absolute atomic E-state index is 0. The average molecular weight is 302 g/mol. The number of amides is 1. The molecule has 3 atom stereocenters. The van der Waals surface area contributed by atoms with E-state index in [1.807, 2.05) is 0 Å². The minimum Gasteiger partial charge on any atom is -0.341 e. The van der Waals surface area contributed by atoms with E-state index in [0.717, 1.165) is 44.6 Å². The van der Waals surface area contributed by atoms with Crippen molar-refractivity contribution in [2.24, 2.45) is 17.8 Å². The summed E-state index contributed by atoms with van der Waals surface area (Å²) < 4.78 is 0. The molecule has 20 heavy (non-hydrogen) atoms. The van der Waals surface area contributed by atoms with Gasteiger partial charge in [0.1, 0.15) is 0 Å². The van der Waals surface area contributed by atoms with Gasteiger partial charge in [0, 0.05) is 19.6 Å². The summed E-state index contributed by atoms with van der Waals surface area (Å²) in [5.41, 5.74) is 0. The molecule has 0 aromatic rings. The van der Waals surface area contributed by atoms with Gasteiger partial charge in [0.15, 0.2) is 0 Å². The SMILES string of the molecule is CC1CCCN(C(=O)CN2CCC3CNCC3C2)C1.Cl. The highest BCUT2D eigenvalue weighted by molar-refractivity contribution is 5.85. The number of fused-ring (bicyclic) bond motifs is 1. The third-order valence-corrected chi connectivity index (χ3v) is 5.16. The molecule has 4 nitrogen and oxygen atoms in total. The van der Waals surface area contributed by atoms with Gasteiger partial charge >= 0.3 is 0 Å². The first kappa shape index (κ1) is 16.1. The standard InChI is InChI=1S/C15H27N3O.ClH/c1-12-3-2-5-18(9-12)15(19)11-17-6-4-13-7-16-8-14(13)10-17;/h12-14,16H,2-11H2,1H3;1H. The first-order valence-corrected chi connectivity index (χ1v) is 7.93. The summed E-state index contributed by atoms with van der Waals surface area (Å²) in [7, 11) is 0.